The maximum absolute atomic E-state index is 14.5. The molecular weight excluding hydrogens is 1090 g/mol. The van der Waals surface area contributed by atoms with Gasteiger partial charge in [0.15, 0.2) is 5.82 Å². The minimum Gasteiger partial charge on any atom is -0.391 e. The molecule has 3 aromatic heterocycles. The van der Waals surface area contributed by atoms with Gasteiger partial charge in [-0.25, -0.2) is 4.98 Å². The van der Waals surface area contributed by atoms with Crippen molar-refractivity contribution in [1.82, 2.24) is 56.5 Å². The molecule has 2 fully saturated rings. The lowest BCUT2D eigenvalue weighted by molar-refractivity contribution is -0.144. The molecule has 9 N–H and O–H groups in total. The number of carbonyl (C=O) groups is 8. The van der Waals surface area contributed by atoms with Crippen LogP contribution in [-0.4, -0.2) is 144 Å². The highest BCUT2D eigenvalue weighted by atomic mass is 35.5. The number of aromatic nitrogens is 4. The van der Waals surface area contributed by atoms with Crippen molar-refractivity contribution < 1.29 is 43.5 Å². The number of fused-ring (bicyclic) bond motifs is 4. The summed E-state index contributed by atoms with van der Waals surface area (Å²) in [6.45, 7) is 13.4. The first kappa shape index (κ1) is 58.1. The van der Waals surface area contributed by atoms with Crippen LogP contribution in [-0.2, 0) is 38.4 Å². The lowest BCUT2D eigenvalue weighted by atomic mass is 9.85. The summed E-state index contributed by atoms with van der Waals surface area (Å²) >= 11 is 10.2. The Morgan fingerprint density at radius 1 is 0.873 bits per heavy atom. The minimum absolute atomic E-state index is 0.183. The molecule has 3 aliphatic heterocycles. The Morgan fingerprint density at radius 3 is 2.23 bits per heavy atom. The second-order valence-electron chi connectivity index (χ2n) is 20.8. The molecule has 2 aromatic carbocycles. The van der Waals surface area contributed by atoms with Gasteiger partial charge in [0, 0.05) is 46.3 Å². The molecule has 2 saturated heterocycles. The Kier molecular flexibility index (Phi) is 17.7. The minimum atomic E-state index is -1.59. The van der Waals surface area contributed by atoms with E-state index in [-0.39, 0.29) is 30.9 Å². The zero-order chi connectivity index (χ0) is 57.2. The van der Waals surface area contributed by atoms with Crippen molar-refractivity contribution in [2.45, 2.75) is 117 Å². The third kappa shape index (κ3) is 13.0. The van der Waals surface area contributed by atoms with Gasteiger partial charge in [-0.2, -0.15) is 0 Å². The third-order valence-electron chi connectivity index (χ3n) is 13.9. The number of hydrogen-bond donors (Lipinski definition) is 8. The number of rotatable bonds is 8. The molecule has 79 heavy (non-hydrogen) atoms. The summed E-state index contributed by atoms with van der Waals surface area (Å²) in [7, 11) is 0. The molecule has 418 valence electrons. The van der Waals surface area contributed by atoms with Crippen LogP contribution in [0.3, 0.4) is 0 Å². The maximum atomic E-state index is 14.5. The van der Waals surface area contributed by atoms with E-state index in [1.54, 1.807) is 69.6 Å². The largest absolute Gasteiger partial charge is 0.391 e. The smallest absolute Gasteiger partial charge is 0.247 e. The summed E-state index contributed by atoms with van der Waals surface area (Å²) in [5.74, 6) is -5.93. The molecule has 6 heterocycles. The topological polar surface area (TPSA) is 314 Å². The highest BCUT2D eigenvalue weighted by Crippen LogP contribution is 2.40. The second kappa shape index (κ2) is 24.1. The van der Waals surface area contributed by atoms with Crippen LogP contribution in [0.2, 0.25) is 5.02 Å². The van der Waals surface area contributed by atoms with Gasteiger partial charge < -0.3 is 47.6 Å². The molecule has 8 rings (SSSR count). The first-order valence-corrected chi connectivity index (χ1v) is 28.6. The molecule has 0 spiro atoms. The Balaban J connectivity index is 1.09. The van der Waals surface area contributed by atoms with Crippen LogP contribution in [0, 0.1) is 33.1 Å². The number of hydrogen-bond acceptors (Lipinski definition) is 16. The summed E-state index contributed by atoms with van der Waals surface area (Å²) in [5, 5.41) is 37.1. The number of nitrogens with one attached hydrogen (secondary N) is 6. The monoisotopic (exact) mass is 1160 g/mol. The van der Waals surface area contributed by atoms with E-state index in [9.17, 15) is 43.5 Å². The van der Waals surface area contributed by atoms with Gasteiger partial charge in [0.2, 0.25) is 47.3 Å². The van der Waals surface area contributed by atoms with Crippen LogP contribution in [0.5, 0.6) is 0 Å². The highest BCUT2D eigenvalue weighted by Gasteiger charge is 2.46. The number of nitrogens with zero attached hydrogens (tertiary/aromatic N) is 6. The van der Waals surface area contributed by atoms with Crippen LogP contribution in [0.1, 0.15) is 97.1 Å². The number of aliphatic hydroxyl groups is 1. The number of halogens is 1. The fourth-order valence-corrected chi connectivity index (χ4v) is 12.5. The van der Waals surface area contributed by atoms with Gasteiger partial charge in [-0.1, -0.05) is 68.8 Å². The molecule has 5 aromatic rings. The number of nitrogens with two attached hydrogens (primary N) is 1. The van der Waals surface area contributed by atoms with Crippen LogP contribution < -0.4 is 37.6 Å². The quantitative estimate of drug-likeness (QED) is 0.111. The van der Waals surface area contributed by atoms with E-state index in [0.29, 0.717) is 27.9 Å². The van der Waals surface area contributed by atoms with Crippen molar-refractivity contribution in [3.8, 4) is 15.4 Å². The van der Waals surface area contributed by atoms with E-state index in [0.717, 1.165) is 54.5 Å². The zero-order valence-electron chi connectivity index (χ0n) is 44.6. The Bertz CT molecular complexity index is 3230. The van der Waals surface area contributed by atoms with Gasteiger partial charge in [0.05, 0.1) is 40.1 Å². The van der Waals surface area contributed by atoms with E-state index in [1.165, 1.54) is 34.5 Å². The fraction of sp³-hybridized carbons (Fsp3) is 0.434. The summed E-state index contributed by atoms with van der Waals surface area (Å²) < 4.78 is 1.88. The molecule has 26 heteroatoms. The van der Waals surface area contributed by atoms with Crippen LogP contribution >= 0.6 is 46.0 Å². The number of thiophene rings is 1. The average molecular weight is 1160 g/mol. The standard InChI is InChI=1S/C53H62ClN13O9S3/c1-24-27(4)79-52-40(24)41(29-13-15-32(54)16-14-29)59-34(46-65-64-28(5)67(46)52)18-38(69)56-19-35-48(73)61-36(45(55)71)21-77-22-39(70)62-44(53(6,7)8)51(76)66-20-33(68)17-37(66)49(74)63-42(50(75)58-26(3)47(72)60-35)30-9-11-31(12-10-30)43-25(2)57-23-78-43/h9-16,23,26,33-37,42,44,68H,17-22H2,1-8H3,(H2,55,71)(H,56,69)(H,58,75)(H,60,72)(H,61,73)(H,62,70)(H,63,74)/t26-,33+,34-,35+,36+,37-,42+,44+/m0/s1. The number of thiazole rings is 1. The van der Waals surface area contributed by atoms with E-state index in [4.69, 9.17) is 22.3 Å². The van der Waals surface area contributed by atoms with Crippen LogP contribution in [0.25, 0.3) is 15.4 Å². The predicted octanol–water partition coefficient (Wildman–Crippen LogP) is 2.79. The summed E-state index contributed by atoms with van der Waals surface area (Å²) in [6.07, 6.45) is -1.60. The average Bonchev–Trinajstić information content (AvgIpc) is 4.17. The van der Waals surface area contributed by atoms with Crippen molar-refractivity contribution in [3.05, 3.63) is 104 Å². The molecule has 22 nitrogen and oxygen atoms in total. The SMILES string of the molecule is Cc1ncsc1-c1ccc([C@H]2NC(=O)[C@@H]3C[C@@H](O)CN3C(=O)[C@H](C(C)(C)C)NC(=O)CSC[C@H](C(N)=O)NC(=O)[C@@H](CNC(=O)C[C@@H]3N=C(c4ccc(Cl)cc4)c4c(sc(C)c4C)-n4c(C)nnc43)NC(=O)[C@H](C)NC2=O)cc1. The number of carbonyl (C=O) groups excluding carboxylic acids is 8. The van der Waals surface area contributed by atoms with Gasteiger partial charge in [-0.05, 0) is 68.9 Å². The number of amides is 8. The number of thioether (sulfide) groups is 1. The van der Waals surface area contributed by atoms with Gasteiger partial charge in [0.1, 0.15) is 53.1 Å². The Morgan fingerprint density at radius 2 is 1.57 bits per heavy atom. The van der Waals surface area contributed by atoms with Gasteiger partial charge in [-0.3, -0.25) is 47.9 Å². The number of aryl methyl sites for hydroxylation is 3. The van der Waals surface area contributed by atoms with Crippen molar-refractivity contribution in [2.75, 3.05) is 24.6 Å². The molecule has 0 bridgehead atoms. The Labute approximate surface area is 472 Å². The number of primary amides is 1. The second-order valence-corrected chi connectivity index (χ2v) is 24.3. The molecule has 0 aliphatic carbocycles. The van der Waals surface area contributed by atoms with E-state index >= 15 is 0 Å². The lowest BCUT2D eigenvalue weighted by Gasteiger charge is -2.35. The third-order valence-corrected chi connectivity index (χ3v) is 17.3. The zero-order valence-corrected chi connectivity index (χ0v) is 47.8. The van der Waals surface area contributed by atoms with Crippen LogP contribution in [0.4, 0.5) is 0 Å². The molecule has 3 aliphatic rings. The normalized spacial score (nSPS) is 23.8. The molecule has 8 atom stereocenters. The molecular formula is C53H62ClN13O9S3. The maximum Gasteiger partial charge on any atom is 0.247 e. The highest BCUT2D eigenvalue weighted by molar-refractivity contribution is 8.00. The molecule has 0 radical (unpaired) electrons. The molecule has 8 amide bonds. The Hall–Kier alpha value is -7.06. The van der Waals surface area contributed by atoms with E-state index in [2.05, 4.69) is 47.1 Å². The molecule has 0 saturated carbocycles. The predicted molar refractivity (Wildman–Crippen MR) is 300 cm³/mol. The number of aliphatic hydroxyl groups excluding tert-OH is 1. The number of benzene rings is 2. The van der Waals surface area contributed by atoms with E-state index < -0.39 is 108 Å². The van der Waals surface area contributed by atoms with Gasteiger partial charge in [-0.15, -0.1) is 44.6 Å². The van der Waals surface area contributed by atoms with Gasteiger partial charge >= 0.3 is 0 Å². The van der Waals surface area contributed by atoms with Gasteiger partial charge in [0.25, 0.3) is 0 Å². The van der Waals surface area contributed by atoms with Crippen molar-refractivity contribution in [3.63, 3.8) is 0 Å². The van der Waals surface area contributed by atoms with E-state index in [1.807, 2.05) is 37.5 Å². The molecule has 0 unspecified atom stereocenters. The summed E-state index contributed by atoms with van der Waals surface area (Å²) in [6, 6.07) is 4.66. The fourth-order valence-electron chi connectivity index (χ4n) is 9.47. The first-order chi connectivity index (χ1) is 37.4. The van der Waals surface area contributed by atoms with Crippen LogP contribution in [0.15, 0.2) is 59.0 Å². The number of aliphatic imine (C=N–C) groups is 1. The summed E-state index contributed by atoms with van der Waals surface area (Å²) in [5.41, 5.74) is 11.6. The first-order valence-electron chi connectivity index (χ1n) is 25.4. The van der Waals surface area contributed by atoms with Crippen molar-refractivity contribution in [2.24, 2.45) is 16.1 Å². The summed E-state index contributed by atoms with van der Waals surface area (Å²) in [4.78, 5) is 125. The van der Waals surface area contributed by atoms with Crippen molar-refractivity contribution in [1.29, 1.82) is 0 Å². The lowest BCUT2D eigenvalue weighted by Crippen LogP contribution is -2.60. The van der Waals surface area contributed by atoms with Crippen molar-refractivity contribution >= 4 is 99.0 Å².